The van der Waals surface area contributed by atoms with Crippen LogP contribution in [-0.4, -0.2) is 14.2 Å². The van der Waals surface area contributed by atoms with Crippen molar-refractivity contribution < 1.29 is 13.9 Å². The van der Waals surface area contributed by atoms with Crippen LogP contribution in [0.25, 0.3) is 0 Å². The first-order chi connectivity index (χ1) is 7.67. The van der Waals surface area contributed by atoms with Gasteiger partial charge >= 0.3 is 0 Å². The Morgan fingerprint density at radius 1 is 1.24 bits per heavy atom. The van der Waals surface area contributed by atoms with Gasteiger partial charge in [0.05, 0.1) is 14.2 Å². The molecule has 0 unspecified atom stereocenters. The van der Waals surface area contributed by atoms with Crippen LogP contribution in [0.1, 0.15) is 24.4 Å². The molecular formula is C12H17ClFNO2. The number of halogens is 2. The third kappa shape index (κ3) is 2.82. The zero-order chi connectivity index (χ0) is 11.7. The van der Waals surface area contributed by atoms with Crippen LogP contribution in [0.2, 0.25) is 0 Å². The Morgan fingerprint density at radius 2 is 1.76 bits per heavy atom. The van der Waals surface area contributed by atoms with Crippen LogP contribution in [0.5, 0.6) is 11.5 Å². The molecule has 96 valence electrons. The van der Waals surface area contributed by atoms with Crippen molar-refractivity contribution in [3.63, 3.8) is 0 Å². The fourth-order valence-corrected chi connectivity index (χ4v) is 1.83. The van der Waals surface area contributed by atoms with Crippen molar-refractivity contribution in [2.24, 2.45) is 11.7 Å². The van der Waals surface area contributed by atoms with Crippen LogP contribution in [0.3, 0.4) is 0 Å². The lowest BCUT2D eigenvalue weighted by molar-refractivity contribution is 0.350. The second kappa shape index (κ2) is 5.56. The van der Waals surface area contributed by atoms with Gasteiger partial charge in [0.2, 0.25) is 0 Å². The number of methoxy groups -OCH3 is 2. The summed E-state index contributed by atoms with van der Waals surface area (Å²) in [6.07, 6.45) is 2.16. The molecule has 1 aromatic carbocycles. The molecule has 2 rings (SSSR count). The van der Waals surface area contributed by atoms with Crippen molar-refractivity contribution in [1.82, 2.24) is 0 Å². The minimum atomic E-state index is -0.322. The second-order valence-electron chi connectivity index (χ2n) is 4.09. The lowest BCUT2D eigenvalue weighted by atomic mass is 10.0. The number of benzene rings is 1. The van der Waals surface area contributed by atoms with Gasteiger partial charge in [-0.15, -0.1) is 12.4 Å². The fourth-order valence-electron chi connectivity index (χ4n) is 1.83. The molecule has 1 saturated carbocycles. The van der Waals surface area contributed by atoms with Crippen molar-refractivity contribution >= 4 is 12.4 Å². The van der Waals surface area contributed by atoms with Crippen LogP contribution in [0, 0.1) is 11.7 Å². The average Bonchev–Trinajstić information content (AvgIpc) is 3.11. The maximum absolute atomic E-state index is 13.8. The highest BCUT2D eigenvalue weighted by atomic mass is 35.5. The highest BCUT2D eigenvalue weighted by Crippen LogP contribution is 2.42. The number of nitrogens with two attached hydrogens (primary N) is 1. The zero-order valence-electron chi connectivity index (χ0n) is 9.90. The number of hydrogen-bond acceptors (Lipinski definition) is 3. The van der Waals surface area contributed by atoms with Crippen molar-refractivity contribution in [3.05, 3.63) is 23.5 Å². The molecule has 0 heterocycles. The maximum atomic E-state index is 13.8. The molecule has 1 aromatic rings. The first kappa shape index (κ1) is 14.1. The lowest BCUT2D eigenvalue weighted by Crippen LogP contribution is -2.14. The topological polar surface area (TPSA) is 44.5 Å². The van der Waals surface area contributed by atoms with Gasteiger partial charge < -0.3 is 15.2 Å². The maximum Gasteiger partial charge on any atom is 0.163 e. The van der Waals surface area contributed by atoms with Gasteiger partial charge in [0.15, 0.2) is 11.5 Å². The van der Waals surface area contributed by atoms with E-state index in [2.05, 4.69) is 0 Å². The van der Waals surface area contributed by atoms with E-state index in [9.17, 15) is 4.39 Å². The third-order valence-electron chi connectivity index (χ3n) is 2.99. The molecule has 17 heavy (non-hydrogen) atoms. The Bertz CT molecular complexity index is 396. The predicted molar refractivity (Wildman–Crippen MR) is 66.4 cm³/mol. The molecule has 5 heteroatoms. The molecule has 2 N–H and O–H groups in total. The monoisotopic (exact) mass is 261 g/mol. The molecule has 1 fully saturated rings. The standard InChI is InChI=1S/C12H16FNO2.ClH/c1-15-10-5-8(12(14)7-3-4-7)9(13)6-11(10)16-2;/h5-7,12H,3-4,14H2,1-2H3;1H/t12-;/m1./s1. The SMILES string of the molecule is COc1cc(F)c([C@H](N)C2CC2)cc1OC.Cl. The fraction of sp³-hybridized carbons (Fsp3) is 0.500. The summed E-state index contributed by atoms with van der Waals surface area (Å²) in [4.78, 5) is 0. The highest BCUT2D eigenvalue weighted by molar-refractivity contribution is 5.85. The lowest BCUT2D eigenvalue weighted by Gasteiger charge is -2.15. The van der Waals surface area contributed by atoms with Crippen molar-refractivity contribution in [2.45, 2.75) is 18.9 Å². The predicted octanol–water partition coefficient (Wildman–Crippen LogP) is 2.67. The molecule has 1 atom stereocenters. The Hall–Kier alpha value is -1.00. The van der Waals surface area contributed by atoms with Crippen LogP contribution >= 0.6 is 12.4 Å². The Kier molecular flexibility index (Phi) is 4.60. The van der Waals surface area contributed by atoms with E-state index in [4.69, 9.17) is 15.2 Å². The van der Waals surface area contributed by atoms with E-state index in [1.807, 2.05) is 0 Å². The summed E-state index contributed by atoms with van der Waals surface area (Å²) in [5.74, 6) is 1.01. The molecule has 0 amide bonds. The zero-order valence-corrected chi connectivity index (χ0v) is 10.7. The molecule has 0 spiro atoms. The minimum absolute atomic E-state index is 0. The largest absolute Gasteiger partial charge is 0.493 e. The van der Waals surface area contributed by atoms with Crippen molar-refractivity contribution in [1.29, 1.82) is 0 Å². The number of hydrogen-bond donors (Lipinski definition) is 1. The summed E-state index contributed by atoms with van der Waals surface area (Å²) in [6.45, 7) is 0. The van der Waals surface area contributed by atoms with E-state index in [0.29, 0.717) is 23.0 Å². The van der Waals surface area contributed by atoms with Crippen LogP contribution in [0.15, 0.2) is 12.1 Å². The first-order valence-corrected chi connectivity index (χ1v) is 5.34. The van der Waals surface area contributed by atoms with Crippen LogP contribution in [0.4, 0.5) is 4.39 Å². The third-order valence-corrected chi connectivity index (χ3v) is 2.99. The smallest absolute Gasteiger partial charge is 0.163 e. The van der Waals surface area contributed by atoms with Gasteiger partial charge in [-0.25, -0.2) is 4.39 Å². The molecule has 0 bridgehead atoms. The van der Waals surface area contributed by atoms with Gasteiger partial charge in [0.1, 0.15) is 5.82 Å². The van der Waals surface area contributed by atoms with E-state index in [1.54, 1.807) is 6.07 Å². The van der Waals surface area contributed by atoms with Gasteiger partial charge in [0.25, 0.3) is 0 Å². The van der Waals surface area contributed by atoms with Gasteiger partial charge in [-0.1, -0.05) is 0 Å². The summed E-state index contributed by atoms with van der Waals surface area (Å²) in [7, 11) is 3.01. The van der Waals surface area contributed by atoms with Gasteiger partial charge in [-0.05, 0) is 24.8 Å². The van der Waals surface area contributed by atoms with Crippen molar-refractivity contribution in [3.8, 4) is 11.5 Å². The normalized spacial score (nSPS) is 16.0. The van der Waals surface area contributed by atoms with E-state index in [-0.39, 0.29) is 24.3 Å². The Morgan fingerprint density at radius 3 is 2.24 bits per heavy atom. The van der Waals surface area contributed by atoms with E-state index in [1.165, 1.54) is 20.3 Å². The summed E-state index contributed by atoms with van der Waals surface area (Å²) in [5.41, 5.74) is 6.49. The summed E-state index contributed by atoms with van der Waals surface area (Å²) in [6, 6.07) is 2.73. The van der Waals surface area contributed by atoms with E-state index in [0.717, 1.165) is 12.8 Å². The Labute approximate surface area is 107 Å². The Balaban J connectivity index is 0.00000144. The summed E-state index contributed by atoms with van der Waals surface area (Å²) in [5, 5.41) is 0. The van der Waals surface area contributed by atoms with Gasteiger partial charge in [-0.2, -0.15) is 0 Å². The molecular weight excluding hydrogens is 245 g/mol. The van der Waals surface area contributed by atoms with Crippen LogP contribution in [-0.2, 0) is 0 Å². The quantitative estimate of drug-likeness (QED) is 0.906. The average molecular weight is 262 g/mol. The molecule has 1 aliphatic rings. The molecule has 0 saturated heterocycles. The van der Waals surface area contributed by atoms with E-state index >= 15 is 0 Å². The summed E-state index contributed by atoms with van der Waals surface area (Å²) >= 11 is 0. The first-order valence-electron chi connectivity index (χ1n) is 5.34. The molecule has 0 aliphatic heterocycles. The molecule has 1 aliphatic carbocycles. The van der Waals surface area contributed by atoms with Gasteiger partial charge in [-0.3, -0.25) is 0 Å². The summed E-state index contributed by atoms with van der Waals surface area (Å²) < 4.78 is 23.9. The van der Waals surface area contributed by atoms with Gasteiger partial charge in [0, 0.05) is 17.7 Å². The highest BCUT2D eigenvalue weighted by Gasteiger charge is 2.31. The van der Waals surface area contributed by atoms with Crippen LogP contribution < -0.4 is 15.2 Å². The number of ether oxygens (including phenoxy) is 2. The minimum Gasteiger partial charge on any atom is -0.493 e. The van der Waals surface area contributed by atoms with Crippen molar-refractivity contribution in [2.75, 3.05) is 14.2 Å². The molecule has 0 aromatic heterocycles. The van der Waals surface area contributed by atoms with E-state index < -0.39 is 0 Å². The molecule has 3 nitrogen and oxygen atoms in total. The number of rotatable bonds is 4. The molecule has 0 radical (unpaired) electrons. The second-order valence-corrected chi connectivity index (χ2v) is 4.09.